The molecular formula is C29H19N5O. The third-order valence-corrected chi connectivity index (χ3v) is 6.65. The molecule has 3 aromatic carbocycles. The van der Waals surface area contributed by atoms with E-state index in [4.69, 9.17) is 4.98 Å². The van der Waals surface area contributed by atoms with Gasteiger partial charge in [0.05, 0.1) is 28.8 Å². The van der Waals surface area contributed by atoms with E-state index >= 15 is 0 Å². The minimum absolute atomic E-state index is 0.128. The molecule has 0 aliphatic heterocycles. The van der Waals surface area contributed by atoms with Crippen LogP contribution < -0.4 is 5.32 Å². The molecule has 1 atom stereocenters. The van der Waals surface area contributed by atoms with Crippen LogP contribution in [0, 0.1) is 0 Å². The number of carbonyl (C=O) groups is 1. The molecule has 0 fully saturated rings. The summed E-state index contributed by atoms with van der Waals surface area (Å²) in [6.07, 6.45) is 5.26. The fraction of sp³-hybridized carbons (Fsp3) is 0.0345. The van der Waals surface area contributed by atoms with Crippen molar-refractivity contribution in [2.45, 2.75) is 6.04 Å². The number of amides is 1. The van der Waals surface area contributed by atoms with Gasteiger partial charge in [-0.1, -0.05) is 54.6 Å². The Balaban J connectivity index is 1.36. The first kappa shape index (κ1) is 19.6. The summed E-state index contributed by atoms with van der Waals surface area (Å²) in [5.41, 5.74) is 8.47. The summed E-state index contributed by atoms with van der Waals surface area (Å²) in [4.78, 5) is 30.4. The molecule has 3 heterocycles. The number of imidazole rings is 1. The molecule has 166 valence electrons. The van der Waals surface area contributed by atoms with Crippen LogP contribution in [-0.4, -0.2) is 25.8 Å². The molecule has 1 aliphatic carbocycles. The number of benzene rings is 3. The molecule has 0 radical (unpaired) electrons. The Hall–Kier alpha value is -4.84. The number of nitrogens with zero attached hydrogens (tertiary/aromatic N) is 3. The molecule has 1 amide bonds. The molecule has 0 saturated carbocycles. The van der Waals surface area contributed by atoms with Gasteiger partial charge in [-0.2, -0.15) is 0 Å². The summed E-state index contributed by atoms with van der Waals surface area (Å²) >= 11 is 0. The van der Waals surface area contributed by atoms with Crippen molar-refractivity contribution in [3.05, 3.63) is 114 Å². The quantitative estimate of drug-likeness (QED) is 0.361. The Bertz CT molecular complexity index is 1730. The molecule has 0 unspecified atom stereocenters. The van der Waals surface area contributed by atoms with Crippen LogP contribution in [0.1, 0.15) is 27.5 Å². The van der Waals surface area contributed by atoms with E-state index in [1.165, 1.54) is 0 Å². The smallest absolute Gasteiger partial charge is 0.252 e. The van der Waals surface area contributed by atoms with Crippen LogP contribution in [0.3, 0.4) is 0 Å². The van der Waals surface area contributed by atoms with Gasteiger partial charge >= 0.3 is 0 Å². The van der Waals surface area contributed by atoms with Gasteiger partial charge in [0.25, 0.3) is 5.91 Å². The van der Waals surface area contributed by atoms with Crippen molar-refractivity contribution in [1.29, 1.82) is 0 Å². The Morgan fingerprint density at radius 3 is 2.60 bits per heavy atom. The van der Waals surface area contributed by atoms with Gasteiger partial charge in [0.2, 0.25) is 0 Å². The maximum atomic E-state index is 13.5. The number of hydrogen-bond acceptors (Lipinski definition) is 4. The Labute approximate surface area is 200 Å². The summed E-state index contributed by atoms with van der Waals surface area (Å²) < 4.78 is 0. The number of H-pyrrole nitrogens is 1. The lowest BCUT2D eigenvalue weighted by atomic mass is 9.98. The number of pyridine rings is 2. The van der Waals surface area contributed by atoms with Crippen molar-refractivity contribution in [3.8, 4) is 22.5 Å². The van der Waals surface area contributed by atoms with Gasteiger partial charge in [-0.05, 0) is 46.5 Å². The van der Waals surface area contributed by atoms with Gasteiger partial charge in [0, 0.05) is 28.9 Å². The minimum Gasteiger partial charge on any atom is -0.341 e. The van der Waals surface area contributed by atoms with Gasteiger partial charge in [0.1, 0.15) is 5.82 Å². The zero-order chi connectivity index (χ0) is 23.4. The largest absolute Gasteiger partial charge is 0.341 e. The molecule has 2 N–H and O–H groups in total. The van der Waals surface area contributed by atoms with Crippen molar-refractivity contribution < 1.29 is 4.79 Å². The number of nitrogens with one attached hydrogen (secondary N) is 2. The highest BCUT2D eigenvalue weighted by Crippen LogP contribution is 2.47. The van der Waals surface area contributed by atoms with Gasteiger partial charge in [-0.25, -0.2) is 4.98 Å². The standard InChI is InChI=1S/C29H19N5O/c35-29(20-8-4-12-23-17(20)11-5-14-31-23)34-27-19-7-2-1-6-18(19)26-21(27)9-3-10-22(26)28-32-24-13-15-30-16-25(24)33-28/h1-16,27H,(H,32,33)(H,34,35)/t27-/m1/s1. The summed E-state index contributed by atoms with van der Waals surface area (Å²) in [5.74, 6) is 0.656. The van der Waals surface area contributed by atoms with Crippen LogP contribution in [-0.2, 0) is 0 Å². The summed E-state index contributed by atoms with van der Waals surface area (Å²) in [7, 11) is 0. The van der Waals surface area contributed by atoms with Crippen molar-refractivity contribution >= 4 is 27.8 Å². The lowest BCUT2D eigenvalue weighted by Crippen LogP contribution is -2.28. The molecule has 35 heavy (non-hydrogen) atoms. The van der Waals surface area contributed by atoms with Crippen molar-refractivity contribution in [1.82, 2.24) is 25.3 Å². The van der Waals surface area contributed by atoms with E-state index in [9.17, 15) is 4.79 Å². The van der Waals surface area contributed by atoms with Gasteiger partial charge in [-0.3, -0.25) is 14.8 Å². The zero-order valence-electron chi connectivity index (χ0n) is 18.6. The van der Waals surface area contributed by atoms with E-state index in [0.29, 0.717) is 5.56 Å². The first-order chi connectivity index (χ1) is 17.3. The second-order valence-corrected chi connectivity index (χ2v) is 8.62. The van der Waals surface area contributed by atoms with Crippen molar-refractivity contribution in [2.75, 3.05) is 0 Å². The zero-order valence-corrected chi connectivity index (χ0v) is 18.6. The van der Waals surface area contributed by atoms with Crippen LogP contribution in [0.2, 0.25) is 0 Å². The average Bonchev–Trinajstić information content (AvgIpc) is 3.48. The van der Waals surface area contributed by atoms with Gasteiger partial charge < -0.3 is 10.3 Å². The second-order valence-electron chi connectivity index (χ2n) is 8.62. The third kappa shape index (κ3) is 3.04. The predicted molar refractivity (Wildman–Crippen MR) is 136 cm³/mol. The summed E-state index contributed by atoms with van der Waals surface area (Å²) in [6, 6.07) is 25.5. The topological polar surface area (TPSA) is 83.6 Å². The van der Waals surface area contributed by atoms with E-state index < -0.39 is 0 Å². The highest BCUT2D eigenvalue weighted by molar-refractivity contribution is 6.07. The van der Waals surface area contributed by atoms with Gasteiger partial charge in [0.15, 0.2) is 0 Å². The van der Waals surface area contributed by atoms with Crippen LogP contribution in [0.15, 0.2) is 97.5 Å². The lowest BCUT2D eigenvalue weighted by Gasteiger charge is -2.17. The molecule has 0 bridgehead atoms. The van der Waals surface area contributed by atoms with Crippen LogP contribution in [0.5, 0.6) is 0 Å². The van der Waals surface area contributed by atoms with Crippen molar-refractivity contribution in [2.24, 2.45) is 0 Å². The maximum absolute atomic E-state index is 13.5. The average molecular weight is 454 g/mol. The SMILES string of the molecule is O=C(N[C@@H]1c2ccccc2-c2c(-c3nc4ccncc4[nH]3)cccc21)c1cccc2ncccc12. The first-order valence-electron chi connectivity index (χ1n) is 11.4. The number of hydrogen-bond donors (Lipinski definition) is 2. The monoisotopic (exact) mass is 453 g/mol. The third-order valence-electron chi connectivity index (χ3n) is 6.65. The number of carbonyl (C=O) groups excluding carboxylic acids is 1. The Kier molecular flexibility index (Phi) is 4.26. The molecule has 0 spiro atoms. The van der Waals surface area contributed by atoms with Gasteiger partial charge in [-0.15, -0.1) is 0 Å². The van der Waals surface area contributed by atoms with E-state index in [1.54, 1.807) is 18.6 Å². The molecule has 6 aromatic rings. The van der Waals surface area contributed by atoms with E-state index in [0.717, 1.165) is 55.6 Å². The number of aromatic nitrogens is 4. The number of rotatable bonds is 3. The number of fused-ring (bicyclic) bond motifs is 5. The summed E-state index contributed by atoms with van der Waals surface area (Å²) in [6.45, 7) is 0. The van der Waals surface area contributed by atoms with Crippen LogP contribution in [0.25, 0.3) is 44.5 Å². The van der Waals surface area contributed by atoms with Crippen molar-refractivity contribution in [3.63, 3.8) is 0 Å². The van der Waals surface area contributed by atoms with Crippen LogP contribution in [0.4, 0.5) is 0 Å². The number of aromatic amines is 1. The van der Waals surface area contributed by atoms with E-state index in [-0.39, 0.29) is 11.9 Å². The van der Waals surface area contributed by atoms with E-state index in [1.807, 2.05) is 54.6 Å². The predicted octanol–water partition coefficient (Wildman–Crippen LogP) is 5.67. The molecule has 3 aromatic heterocycles. The molecule has 6 heteroatoms. The first-order valence-corrected chi connectivity index (χ1v) is 11.4. The molecular weight excluding hydrogens is 434 g/mol. The lowest BCUT2D eigenvalue weighted by molar-refractivity contribution is 0.0945. The Morgan fingerprint density at radius 2 is 1.66 bits per heavy atom. The molecule has 0 saturated heterocycles. The highest BCUT2D eigenvalue weighted by Gasteiger charge is 2.32. The summed E-state index contributed by atoms with van der Waals surface area (Å²) in [5, 5.41) is 4.13. The maximum Gasteiger partial charge on any atom is 0.252 e. The fourth-order valence-electron chi connectivity index (χ4n) is 5.10. The minimum atomic E-state index is -0.272. The second kappa shape index (κ2) is 7.60. The van der Waals surface area contributed by atoms with E-state index in [2.05, 4.69) is 44.5 Å². The molecule has 6 nitrogen and oxygen atoms in total. The Morgan fingerprint density at radius 1 is 0.800 bits per heavy atom. The normalized spacial score (nSPS) is 14.1. The van der Waals surface area contributed by atoms with Crippen LogP contribution >= 0.6 is 0 Å². The molecule has 7 rings (SSSR count). The fourth-order valence-corrected chi connectivity index (χ4v) is 5.10. The highest BCUT2D eigenvalue weighted by atomic mass is 16.1. The molecule has 1 aliphatic rings.